The van der Waals surface area contributed by atoms with Gasteiger partial charge in [0.1, 0.15) is 11.3 Å². The third-order valence-corrected chi connectivity index (χ3v) is 6.53. The number of anilines is 1. The maximum absolute atomic E-state index is 12.3. The Hall–Kier alpha value is -3.17. The molecule has 2 heterocycles. The highest BCUT2D eigenvalue weighted by Gasteiger charge is 2.26. The third-order valence-electron chi connectivity index (χ3n) is 5.05. The van der Waals surface area contributed by atoms with E-state index >= 15 is 0 Å². The van der Waals surface area contributed by atoms with Gasteiger partial charge in [0.2, 0.25) is 15.9 Å². The zero-order valence-electron chi connectivity index (χ0n) is 16.0. The number of aromatic hydroxyl groups is 3. The molecule has 0 atom stereocenters. The fourth-order valence-electron chi connectivity index (χ4n) is 3.50. The second-order valence-corrected chi connectivity index (χ2v) is 9.37. The molecule has 0 amide bonds. The lowest BCUT2D eigenvalue weighted by molar-refractivity contribution is 0.421. The molecule has 0 saturated heterocycles. The summed E-state index contributed by atoms with van der Waals surface area (Å²) in [6, 6.07) is 8.13. The van der Waals surface area contributed by atoms with Crippen molar-refractivity contribution in [1.82, 2.24) is 9.55 Å². The number of halogens is 1. The van der Waals surface area contributed by atoms with Crippen LogP contribution < -0.4 is 4.31 Å². The predicted molar refractivity (Wildman–Crippen MR) is 116 cm³/mol. The Morgan fingerprint density at radius 3 is 2.53 bits per heavy atom. The first-order valence-electron chi connectivity index (χ1n) is 8.83. The van der Waals surface area contributed by atoms with Gasteiger partial charge in [-0.25, -0.2) is 8.42 Å². The summed E-state index contributed by atoms with van der Waals surface area (Å²) in [5.74, 6) is -0.684. The summed E-state index contributed by atoms with van der Waals surface area (Å²) in [5.41, 5.74) is 0.880. The predicted octanol–water partition coefficient (Wildman–Crippen LogP) is 3.40. The molecule has 4 rings (SSSR count). The minimum atomic E-state index is -3.65. The van der Waals surface area contributed by atoms with Crippen molar-refractivity contribution in [2.45, 2.75) is 6.54 Å². The summed E-state index contributed by atoms with van der Waals surface area (Å²) in [7, 11) is -2.26. The van der Waals surface area contributed by atoms with Gasteiger partial charge in [0, 0.05) is 35.8 Å². The summed E-state index contributed by atoms with van der Waals surface area (Å²) in [6.45, 7) is 0.0398. The lowest BCUT2D eigenvalue weighted by atomic mass is 10.1. The minimum Gasteiger partial charge on any atom is -0.506 e. The van der Waals surface area contributed by atoms with E-state index in [-0.39, 0.29) is 45.5 Å². The van der Waals surface area contributed by atoms with Crippen molar-refractivity contribution in [2.75, 3.05) is 17.6 Å². The van der Waals surface area contributed by atoms with E-state index < -0.39 is 10.0 Å². The van der Waals surface area contributed by atoms with E-state index in [4.69, 9.17) is 11.6 Å². The third kappa shape index (κ3) is 3.06. The molecule has 0 radical (unpaired) electrons. The van der Waals surface area contributed by atoms with Crippen LogP contribution in [0.15, 0.2) is 42.7 Å². The smallest absolute Gasteiger partial charge is 0.232 e. The van der Waals surface area contributed by atoms with Crippen LogP contribution >= 0.6 is 11.6 Å². The fourth-order valence-corrected chi connectivity index (χ4v) is 4.23. The Labute approximate surface area is 177 Å². The highest BCUT2D eigenvalue weighted by atomic mass is 35.5. The summed E-state index contributed by atoms with van der Waals surface area (Å²) >= 11 is 5.97. The van der Waals surface area contributed by atoms with Crippen molar-refractivity contribution in [3.8, 4) is 17.4 Å². The second kappa shape index (κ2) is 6.96. The number of hydrogen-bond donors (Lipinski definition) is 3. The van der Waals surface area contributed by atoms with E-state index in [2.05, 4.69) is 4.98 Å². The summed E-state index contributed by atoms with van der Waals surface area (Å²) in [5, 5.41) is 32.8. The molecular formula is C20H18ClN3O5S. The van der Waals surface area contributed by atoms with Gasteiger partial charge in [-0.1, -0.05) is 23.7 Å². The van der Waals surface area contributed by atoms with Crippen LogP contribution in [-0.2, 0) is 16.6 Å². The zero-order chi connectivity index (χ0) is 21.8. The Morgan fingerprint density at radius 2 is 1.83 bits per heavy atom. The number of fused-ring (bicyclic) bond motifs is 2. The van der Waals surface area contributed by atoms with E-state index in [0.717, 1.165) is 10.6 Å². The maximum atomic E-state index is 12.3. The van der Waals surface area contributed by atoms with Crippen LogP contribution in [0, 0.1) is 0 Å². The molecule has 0 aliphatic heterocycles. The topological polar surface area (TPSA) is 116 Å². The Kier molecular flexibility index (Phi) is 4.67. The van der Waals surface area contributed by atoms with Crippen LogP contribution in [0.5, 0.6) is 17.4 Å². The number of nitrogens with zero attached hydrogens (tertiary/aromatic N) is 3. The number of phenolic OH excluding ortho intramolecular Hbond substituents is 2. The highest BCUT2D eigenvalue weighted by Crippen LogP contribution is 2.46. The van der Waals surface area contributed by atoms with E-state index in [1.807, 2.05) is 0 Å². The molecule has 156 valence electrons. The molecular weight excluding hydrogens is 430 g/mol. The molecule has 0 saturated carbocycles. The first kappa shape index (κ1) is 20.1. The summed E-state index contributed by atoms with van der Waals surface area (Å²) in [4.78, 5) is 4.17. The Bertz CT molecular complexity index is 1420. The van der Waals surface area contributed by atoms with Gasteiger partial charge in [0.15, 0.2) is 5.75 Å². The van der Waals surface area contributed by atoms with Crippen molar-refractivity contribution in [2.24, 2.45) is 0 Å². The van der Waals surface area contributed by atoms with Gasteiger partial charge in [-0.2, -0.15) is 0 Å². The van der Waals surface area contributed by atoms with Gasteiger partial charge in [0.25, 0.3) is 0 Å². The van der Waals surface area contributed by atoms with Crippen LogP contribution in [0.2, 0.25) is 5.02 Å². The number of pyridine rings is 1. The molecule has 0 unspecified atom stereocenters. The average Bonchev–Trinajstić information content (AvgIpc) is 3.01. The molecule has 3 N–H and O–H groups in total. The molecule has 4 aromatic rings. The van der Waals surface area contributed by atoms with E-state index in [1.54, 1.807) is 24.3 Å². The molecule has 0 aliphatic rings. The molecule has 0 bridgehead atoms. The number of sulfonamides is 1. The first-order valence-corrected chi connectivity index (χ1v) is 11.1. The Balaban J connectivity index is 2.06. The molecule has 8 nitrogen and oxygen atoms in total. The lowest BCUT2D eigenvalue weighted by Gasteiger charge is -2.20. The average molecular weight is 448 g/mol. The van der Waals surface area contributed by atoms with Gasteiger partial charge >= 0.3 is 0 Å². The molecule has 0 fully saturated rings. The van der Waals surface area contributed by atoms with Crippen LogP contribution in [0.3, 0.4) is 0 Å². The van der Waals surface area contributed by atoms with Crippen LogP contribution in [0.4, 0.5) is 5.69 Å². The van der Waals surface area contributed by atoms with Crippen molar-refractivity contribution in [1.29, 1.82) is 0 Å². The highest BCUT2D eigenvalue weighted by molar-refractivity contribution is 7.92. The van der Waals surface area contributed by atoms with Gasteiger partial charge in [-0.15, -0.1) is 0 Å². The number of hydrogen-bond acceptors (Lipinski definition) is 6. The van der Waals surface area contributed by atoms with Crippen molar-refractivity contribution >= 4 is 49.0 Å². The minimum absolute atomic E-state index is 0.0398. The number of aromatic nitrogens is 2. The van der Waals surface area contributed by atoms with Gasteiger partial charge in [-0.05, 0) is 18.2 Å². The van der Waals surface area contributed by atoms with Crippen LogP contribution in [-0.4, -0.2) is 46.6 Å². The molecule has 2 aromatic heterocycles. The second-order valence-electron chi connectivity index (χ2n) is 6.94. The van der Waals surface area contributed by atoms with Crippen LogP contribution in [0.25, 0.3) is 21.7 Å². The number of phenols is 2. The zero-order valence-corrected chi connectivity index (χ0v) is 17.6. The largest absolute Gasteiger partial charge is 0.506 e. The maximum Gasteiger partial charge on any atom is 0.232 e. The monoisotopic (exact) mass is 447 g/mol. The standard InChI is InChI=1S/C20H18ClN3O5S/c1-23(30(2,28)29)17-12-6-4-8-22-16(12)19(26)15-13(17)10-24(20(15)27)9-11-5-3-7-14(21)18(11)25/h3-8,10,25-27H,9H2,1-2H3. The normalized spacial score (nSPS) is 12.0. The van der Waals surface area contributed by atoms with Crippen molar-refractivity contribution in [3.63, 3.8) is 0 Å². The van der Waals surface area contributed by atoms with E-state index in [1.165, 1.54) is 30.1 Å². The fraction of sp³-hybridized carbons (Fsp3) is 0.150. The van der Waals surface area contributed by atoms with Gasteiger partial charge in [0.05, 0.1) is 28.9 Å². The number of rotatable bonds is 4. The first-order chi connectivity index (χ1) is 14.1. The summed E-state index contributed by atoms with van der Waals surface area (Å²) in [6.07, 6.45) is 4.05. The molecule has 2 aromatic carbocycles. The number of benzene rings is 2. The van der Waals surface area contributed by atoms with Gasteiger partial charge < -0.3 is 19.9 Å². The van der Waals surface area contributed by atoms with Crippen molar-refractivity contribution in [3.05, 3.63) is 53.3 Å². The quantitative estimate of drug-likeness (QED) is 0.441. The number of para-hydroxylation sites is 1. The Morgan fingerprint density at radius 1 is 1.10 bits per heavy atom. The molecule has 10 heteroatoms. The summed E-state index contributed by atoms with van der Waals surface area (Å²) < 4.78 is 27.1. The molecule has 0 spiro atoms. The van der Waals surface area contributed by atoms with Crippen molar-refractivity contribution < 1.29 is 23.7 Å². The molecule has 30 heavy (non-hydrogen) atoms. The molecule has 0 aliphatic carbocycles. The van der Waals surface area contributed by atoms with E-state index in [0.29, 0.717) is 16.3 Å². The SMILES string of the molecule is CN(c1c2cccnc2c(O)c2c(O)n(Cc3cccc(Cl)c3O)cc12)S(C)(=O)=O. The van der Waals surface area contributed by atoms with Gasteiger partial charge in [-0.3, -0.25) is 9.29 Å². The van der Waals surface area contributed by atoms with E-state index in [9.17, 15) is 23.7 Å². The van der Waals surface area contributed by atoms with Crippen LogP contribution in [0.1, 0.15) is 5.56 Å². The lowest BCUT2D eigenvalue weighted by Crippen LogP contribution is -2.25.